The molecule has 1 saturated heterocycles. The molecule has 0 aliphatic carbocycles. The molecule has 6 nitrogen and oxygen atoms in total. The maximum atomic E-state index is 9.61. The van der Waals surface area contributed by atoms with Crippen LogP contribution in [-0.4, -0.2) is 32.8 Å². The van der Waals surface area contributed by atoms with Gasteiger partial charge in [0.15, 0.2) is 6.29 Å². The van der Waals surface area contributed by atoms with Crippen LogP contribution in [0.4, 0.5) is 0 Å². The number of halogens is 1. The van der Waals surface area contributed by atoms with E-state index in [0.717, 1.165) is 0 Å². The summed E-state index contributed by atoms with van der Waals surface area (Å²) in [5.41, 5.74) is 0.656. The highest BCUT2D eigenvalue weighted by atomic mass is 35.5. The van der Waals surface area contributed by atoms with Gasteiger partial charge in [-0.05, 0) is 6.07 Å². The van der Waals surface area contributed by atoms with Crippen LogP contribution in [0.5, 0.6) is 0 Å². The Balaban J connectivity index is 0.00000147. The van der Waals surface area contributed by atoms with Gasteiger partial charge in [0.05, 0.1) is 0 Å². The van der Waals surface area contributed by atoms with Gasteiger partial charge in [-0.3, -0.25) is 0 Å². The summed E-state index contributed by atoms with van der Waals surface area (Å²) in [6.45, 7) is 0.341. The van der Waals surface area contributed by atoms with Gasteiger partial charge in [-0.1, -0.05) is 37.2 Å². The standard InChI is InChI=1S/C12H12ClN3O3.CH4/c13-10-4-2-1-3-9(10)12(18-5-11(17)19-12)6-16-8-14-7-15-16;/h1-4,7-8,11,17H,5-6H2;1H4. The normalized spacial score (nSPS) is 25.4. The van der Waals surface area contributed by atoms with Crippen LogP contribution in [0.2, 0.25) is 5.02 Å². The van der Waals surface area contributed by atoms with Crippen molar-refractivity contribution in [1.82, 2.24) is 14.8 Å². The SMILES string of the molecule is C.OC1COC(Cn2cncn2)(c2ccccc2Cl)O1. The van der Waals surface area contributed by atoms with Crippen molar-refractivity contribution in [3.63, 3.8) is 0 Å². The molecular weight excluding hydrogens is 282 g/mol. The molecule has 1 fully saturated rings. The number of aromatic nitrogens is 3. The van der Waals surface area contributed by atoms with Gasteiger partial charge in [-0.2, -0.15) is 5.10 Å². The quantitative estimate of drug-likeness (QED) is 0.935. The molecular formula is C13H16ClN3O3. The molecule has 0 bridgehead atoms. The zero-order valence-electron chi connectivity index (χ0n) is 9.94. The lowest BCUT2D eigenvalue weighted by Gasteiger charge is -2.28. The highest BCUT2D eigenvalue weighted by Crippen LogP contribution is 2.38. The first-order valence-corrected chi connectivity index (χ1v) is 6.15. The van der Waals surface area contributed by atoms with Crippen molar-refractivity contribution < 1.29 is 14.6 Å². The van der Waals surface area contributed by atoms with Crippen LogP contribution < -0.4 is 0 Å². The Bertz CT molecular complexity index is 564. The largest absolute Gasteiger partial charge is 0.366 e. The first-order chi connectivity index (χ1) is 9.20. The summed E-state index contributed by atoms with van der Waals surface area (Å²) >= 11 is 6.19. The van der Waals surface area contributed by atoms with E-state index in [1.54, 1.807) is 23.1 Å². The Hall–Kier alpha value is -1.47. The number of ether oxygens (including phenoxy) is 2. The van der Waals surface area contributed by atoms with E-state index in [9.17, 15) is 5.11 Å². The van der Waals surface area contributed by atoms with Gasteiger partial charge < -0.3 is 14.6 Å². The zero-order valence-corrected chi connectivity index (χ0v) is 10.7. The molecule has 1 aromatic heterocycles. The molecule has 1 N–H and O–H groups in total. The van der Waals surface area contributed by atoms with E-state index in [1.807, 2.05) is 12.1 Å². The van der Waals surface area contributed by atoms with Gasteiger partial charge in [0.1, 0.15) is 25.8 Å². The Kier molecular flexibility index (Phi) is 4.39. The van der Waals surface area contributed by atoms with Crippen molar-refractivity contribution in [2.24, 2.45) is 0 Å². The topological polar surface area (TPSA) is 69.4 Å². The molecule has 1 aliphatic rings. The van der Waals surface area contributed by atoms with Gasteiger partial charge in [-0.15, -0.1) is 0 Å². The van der Waals surface area contributed by atoms with E-state index in [2.05, 4.69) is 10.1 Å². The molecule has 2 atom stereocenters. The molecule has 20 heavy (non-hydrogen) atoms. The molecule has 2 heterocycles. The average molecular weight is 298 g/mol. The Morgan fingerprint density at radius 3 is 2.85 bits per heavy atom. The van der Waals surface area contributed by atoms with E-state index in [0.29, 0.717) is 10.6 Å². The predicted molar refractivity (Wildman–Crippen MR) is 72.9 cm³/mol. The summed E-state index contributed by atoms with van der Waals surface area (Å²) < 4.78 is 12.8. The fourth-order valence-electron chi connectivity index (χ4n) is 2.10. The van der Waals surface area contributed by atoms with Crippen LogP contribution in [0, 0.1) is 0 Å². The summed E-state index contributed by atoms with van der Waals surface area (Å²) in [5, 5.41) is 14.1. The summed E-state index contributed by atoms with van der Waals surface area (Å²) in [6, 6.07) is 7.21. The first kappa shape index (κ1) is 14.9. The average Bonchev–Trinajstić information content (AvgIpc) is 3.01. The van der Waals surface area contributed by atoms with Crippen LogP contribution in [0.25, 0.3) is 0 Å². The van der Waals surface area contributed by atoms with Crippen LogP contribution in [0.15, 0.2) is 36.9 Å². The molecule has 108 valence electrons. The maximum Gasteiger partial charge on any atom is 0.219 e. The van der Waals surface area contributed by atoms with Gasteiger partial charge in [-0.25, -0.2) is 9.67 Å². The number of aliphatic hydroxyl groups is 1. The molecule has 7 heteroatoms. The van der Waals surface area contributed by atoms with Gasteiger partial charge in [0.25, 0.3) is 0 Å². The number of hydrogen-bond donors (Lipinski definition) is 1. The third kappa shape index (κ3) is 2.69. The molecule has 2 unspecified atom stereocenters. The Labute approximate surface area is 121 Å². The van der Waals surface area contributed by atoms with Crippen molar-refractivity contribution in [1.29, 1.82) is 0 Å². The molecule has 0 saturated carbocycles. The maximum absolute atomic E-state index is 9.61. The van der Waals surface area contributed by atoms with Gasteiger partial charge in [0.2, 0.25) is 5.79 Å². The van der Waals surface area contributed by atoms with Gasteiger partial charge in [0, 0.05) is 10.6 Å². The summed E-state index contributed by atoms with van der Waals surface area (Å²) in [6.07, 6.45) is 1.99. The van der Waals surface area contributed by atoms with Gasteiger partial charge >= 0.3 is 0 Å². The number of rotatable bonds is 3. The summed E-state index contributed by atoms with van der Waals surface area (Å²) in [4.78, 5) is 3.88. The van der Waals surface area contributed by atoms with E-state index in [-0.39, 0.29) is 20.6 Å². The summed E-state index contributed by atoms with van der Waals surface area (Å²) in [7, 11) is 0. The molecule has 0 radical (unpaired) electrons. The second kappa shape index (κ2) is 5.88. The lowest BCUT2D eigenvalue weighted by atomic mass is 10.1. The number of aliphatic hydroxyl groups excluding tert-OH is 1. The van der Waals surface area contributed by atoms with E-state index in [4.69, 9.17) is 21.1 Å². The highest BCUT2D eigenvalue weighted by Gasteiger charge is 2.44. The lowest BCUT2D eigenvalue weighted by Crippen LogP contribution is -2.34. The van der Waals surface area contributed by atoms with Crippen LogP contribution in [0.1, 0.15) is 13.0 Å². The smallest absolute Gasteiger partial charge is 0.219 e. The number of benzene rings is 1. The molecule has 0 spiro atoms. The van der Waals surface area contributed by atoms with E-state index >= 15 is 0 Å². The fraction of sp³-hybridized carbons (Fsp3) is 0.385. The van der Waals surface area contributed by atoms with Crippen LogP contribution in [-0.2, 0) is 21.8 Å². The molecule has 3 rings (SSSR count). The van der Waals surface area contributed by atoms with Crippen molar-refractivity contribution in [3.8, 4) is 0 Å². The monoisotopic (exact) mass is 297 g/mol. The predicted octanol–water partition coefficient (Wildman–Crippen LogP) is 1.79. The molecule has 2 aromatic rings. The van der Waals surface area contributed by atoms with E-state index < -0.39 is 12.1 Å². The molecule has 1 aliphatic heterocycles. The van der Waals surface area contributed by atoms with Crippen molar-refractivity contribution in [2.45, 2.75) is 26.0 Å². The van der Waals surface area contributed by atoms with Crippen molar-refractivity contribution >= 4 is 11.6 Å². The minimum Gasteiger partial charge on any atom is -0.366 e. The molecule has 0 amide bonds. The minimum absolute atomic E-state index is 0. The minimum atomic E-state index is -1.15. The van der Waals surface area contributed by atoms with Crippen molar-refractivity contribution in [2.75, 3.05) is 6.61 Å². The van der Waals surface area contributed by atoms with Crippen LogP contribution >= 0.6 is 11.6 Å². The molecule has 1 aromatic carbocycles. The zero-order chi connectivity index (χ0) is 13.3. The second-order valence-electron chi connectivity index (χ2n) is 4.21. The second-order valence-corrected chi connectivity index (χ2v) is 4.62. The van der Waals surface area contributed by atoms with Crippen molar-refractivity contribution in [3.05, 3.63) is 47.5 Å². The van der Waals surface area contributed by atoms with Crippen LogP contribution in [0.3, 0.4) is 0 Å². The third-order valence-corrected chi connectivity index (χ3v) is 3.24. The lowest BCUT2D eigenvalue weighted by molar-refractivity contribution is -0.215. The Morgan fingerprint density at radius 1 is 1.45 bits per heavy atom. The third-order valence-electron chi connectivity index (χ3n) is 2.91. The number of hydrogen-bond acceptors (Lipinski definition) is 5. The number of nitrogens with zero attached hydrogens (tertiary/aromatic N) is 3. The Morgan fingerprint density at radius 2 is 2.25 bits per heavy atom. The summed E-state index contributed by atoms with van der Waals surface area (Å²) in [5.74, 6) is -1.15. The van der Waals surface area contributed by atoms with E-state index in [1.165, 1.54) is 6.33 Å². The fourth-order valence-corrected chi connectivity index (χ4v) is 2.38. The first-order valence-electron chi connectivity index (χ1n) is 5.77. The highest BCUT2D eigenvalue weighted by molar-refractivity contribution is 6.31.